The summed E-state index contributed by atoms with van der Waals surface area (Å²) in [5.41, 5.74) is 0. The minimum absolute atomic E-state index is 0. The molecule has 0 bridgehead atoms. The smallest absolute Gasteiger partial charge is 0.323 e. The van der Waals surface area contributed by atoms with Crippen molar-refractivity contribution in [3.63, 3.8) is 0 Å². The third kappa shape index (κ3) is 2.15. The molecule has 12 heavy (non-hydrogen) atoms. The highest BCUT2D eigenvalue weighted by Gasteiger charge is 2.40. The van der Waals surface area contributed by atoms with Crippen LogP contribution in [0.5, 0.6) is 0 Å². The first kappa shape index (κ1) is 11.8. The maximum atomic E-state index is 12.7. The van der Waals surface area contributed by atoms with Gasteiger partial charge in [0.15, 0.2) is 0 Å². The van der Waals surface area contributed by atoms with Gasteiger partial charge >= 0.3 is 5.97 Å². The van der Waals surface area contributed by atoms with Gasteiger partial charge in [0.1, 0.15) is 18.3 Å². The van der Waals surface area contributed by atoms with Crippen molar-refractivity contribution in [2.45, 2.75) is 18.3 Å². The van der Waals surface area contributed by atoms with E-state index in [1.165, 1.54) is 7.11 Å². The van der Waals surface area contributed by atoms with Crippen LogP contribution in [0.3, 0.4) is 0 Å². The quantitative estimate of drug-likeness (QED) is 0.716. The number of alkyl halides is 1. The first-order valence-electron chi connectivity index (χ1n) is 3.30. The van der Waals surface area contributed by atoms with E-state index in [4.69, 9.17) is 5.11 Å². The lowest BCUT2D eigenvalue weighted by Crippen LogP contribution is -2.40. The number of halogens is 2. The van der Waals surface area contributed by atoms with Crippen LogP contribution in [0.2, 0.25) is 0 Å². The van der Waals surface area contributed by atoms with Gasteiger partial charge in [-0.15, -0.1) is 17.0 Å². The van der Waals surface area contributed by atoms with Crippen LogP contribution in [0.25, 0.3) is 0 Å². The Bertz CT molecular complexity index is 169. The molecular formula is C6H11BrFNO3. The van der Waals surface area contributed by atoms with Crippen molar-refractivity contribution in [1.29, 1.82) is 0 Å². The minimum atomic E-state index is -1.22. The summed E-state index contributed by atoms with van der Waals surface area (Å²) in [6.07, 6.45) is -2.08. The van der Waals surface area contributed by atoms with E-state index >= 15 is 0 Å². The Morgan fingerprint density at radius 1 is 1.75 bits per heavy atom. The molecule has 0 radical (unpaired) electrons. The number of carboxylic acid groups (broad SMARTS) is 1. The normalized spacial score (nSPS) is 34.3. The van der Waals surface area contributed by atoms with Crippen molar-refractivity contribution < 1.29 is 19.0 Å². The largest absolute Gasteiger partial charge is 0.480 e. The molecule has 72 valence electrons. The van der Waals surface area contributed by atoms with E-state index in [0.717, 1.165) is 0 Å². The van der Waals surface area contributed by atoms with Crippen molar-refractivity contribution in [2.24, 2.45) is 0 Å². The maximum absolute atomic E-state index is 12.7. The Hall–Kier alpha value is -0.200. The third-order valence-electron chi connectivity index (χ3n) is 1.76. The van der Waals surface area contributed by atoms with E-state index in [0.29, 0.717) is 0 Å². The molecule has 1 heterocycles. The molecule has 3 atom stereocenters. The molecule has 1 aliphatic heterocycles. The van der Waals surface area contributed by atoms with Crippen LogP contribution in [0.4, 0.5) is 4.39 Å². The summed E-state index contributed by atoms with van der Waals surface area (Å²) in [6, 6.07) is -0.907. The Morgan fingerprint density at radius 2 is 2.33 bits per heavy atom. The van der Waals surface area contributed by atoms with E-state index in [-0.39, 0.29) is 23.5 Å². The molecule has 4 nitrogen and oxygen atoms in total. The van der Waals surface area contributed by atoms with Crippen LogP contribution in [0.1, 0.15) is 0 Å². The second-order valence-electron chi connectivity index (χ2n) is 2.44. The number of rotatable bonds is 2. The SMILES string of the molecule is Br.CO[C@H]1[C@@H](C(=O)O)NC[C@@H]1F. The average Bonchev–Trinajstić information content (AvgIpc) is 2.30. The molecule has 6 heteroatoms. The van der Waals surface area contributed by atoms with E-state index in [2.05, 4.69) is 10.1 Å². The summed E-state index contributed by atoms with van der Waals surface area (Å²) in [6.45, 7) is 0.0511. The average molecular weight is 244 g/mol. The summed E-state index contributed by atoms with van der Waals surface area (Å²) in [5, 5.41) is 11.0. The Kier molecular flexibility index (Phi) is 4.66. The molecule has 0 aromatic rings. The summed E-state index contributed by atoms with van der Waals surface area (Å²) < 4.78 is 17.4. The highest BCUT2D eigenvalue weighted by Crippen LogP contribution is 2.14. The van der Waals surface area contributed by atoms with Gasteiger partial charge in [-0.2, -0.15) is 0 Å². The predicted molar refractivity (Wildman–Crippen MR) is 45.4 cm³/mol. The lowest BCUT2D eigenvalue weighted by Gasteiger charge is -2.14. The molecular weight excluding hydrogens is 233 g/mol. The first-order valence-corrected chi connectivity index (χ1v) is 3.30. The molecule has 1 saturated heterocycles. The van der Waals surface area contributed by atoms with Gasteiger partial charge < -0.3 is 9.84 Å². The van der Waals surface area contributed by atoms with Gasteiger partial charge in [-0.05, 0) is 0 Å². The van der Waals surface area contributed by atoms with Gasteiger partial charge in [0.05, 0.1) is 0 Å². The zero-order valence-corrected chi connectivity index (χ0v) is 8.20. The summed E-state index contributed by atoms with van der Waals surface area (Å²) in [4.78, 5) is 10.4. The van der Waals surface area contributed by atoms with Crippen LogP contribution >= 0.6 is 17.0 Å². The summed E-state index contributed by atoms with van der Waals surface area (Å²) in [7, 11) is 1.31. The van der Waals surface area contributed by atoms with Crippen LogP contribution in [-0.2, 0) is 9.53 Å². The first-order chi connectivity index (χ1) is 5.16. The molecule has 0 unspecified atom stereocenters. The number of nitrogens with one attached hydrogen (secondary N) is 1. The van der Waals surface area contributed by atoms with Crippen molar-refractivity contribution in [2.75, 3.05) is 13.7 Å². The lowest BCUT2D eigenvalue weighted by atomic mass is 10.1. The molecule has 0 saturated carbocycles. The van der Waals surface area contributed by atoms with E-state index in [9.17, 15) is 9.18 Å². The Morgan fingerprint density at radius 3 is 2.67 bits per heavy atom. The lowest BCUT2D eigenvalue weighted by molar-refractivity contribution is -0.142. The summed E-state index contributed by atoms with van der Waals surface area (Å²) in [5.74, 6) is -1.07. The number of carbonyl (C=O) groups is 1. The van der Waals surface area contributed by atoms with Crippen molar-refractivity contribution in [3.05, 3.63) is 0 Å². The minimum Gasteiger partial charge on any atom is -0.480 e. The zero-order valence-electron chi connectivity index (χ0n) is 6.49. The fraction of sp³-hybridized carbons (Fsp3) is 0.833. The van der Waals surface area contributed by atoms with Crippen molar-refractivity contribution in [3.8, 4) is 0 Å². The number of hydrogen-bond donors (Lipinski definition) is 2. The number of ether oxygens (including phenoxy) is 1. The van der Waals surface area contributed by atoms with Crippen LogP contribution in [0, 0.1) is 0 Å². The molecule has 0 amide bonds. The van der Waals surface area contributed by atoms with Crippen LogP contribution < -0.4 is 5.32 Å². The second kappa shape index (κ2) is 4.74. The fourth-order valence-electron chi connectivity index (χ4n) is 1.19. The maximum Gasteiger partial charge on any atom is 0.323 e. The molecule has 0 spiro atoms. The number of carboxylic acids is 1. The third-order valence-corrected chi connectivity index (χ3v) is 1.76. The van der Waals surface area contributed by atoms with Gasteiger partial charge in [-0.3, -0.25) is 10.1 Å². The van der Waals surface area contributed by atoms with Crippen molar-refractivity contribution >= 4 is 23.0 Å². The van der Waals surface area contributed by atoms with E-state index < -0.39 is 24.3 Å². The molecule has 0 aromatic carbocycles. The monoisotopic (exact) mass is 243 g/mol. The van der Waals surface area contributed by atoms with Gasteiger partial charge in [0.25, 0.3) is 0 Å². The van der Waals surface area contributed by atoms with Crippen LogP contribution in [-0.4, -0.2) is 43.0 Å². The van der Waals surface area contributed by atoms with Crippen LogP contribution in [0.15, 0.2) is 0 Å². The second-order valence-corrected chi connectivity index (χ2v) is 2.44. The van der Waals surface area contributed by atoms with Crippen molar-refractivity contribution in [1.82, 2.24) is 5.32 Å². The topological polar surface area (TPSA) is 58.6 Å². The standard InChI is InChI=1S/C6H10FNO3.BrH/c1-11-5-3(7)2-8-4(5)6(9)10;/h3-5,8H,2H2,1H3,(H,9,10);1H/t3-,4-,5+;/m0./s1. The molecule has 1 rings (SSSR count). The van der Waals surface area contributed by atoms with E-state index in [1.54, 1.807) is 0 Å². The Labute approximate surface area is 79.9 Å². The number of aliphatic carboxylic acids is 1. The van der Waals surface area contributed by atoms with Gasteiger partial charge in [0.2, 0.25) is 0 Å². The molecule has 1 aliphatic rings. The predicted octanol–water partition coefficient (Wildman–Crippen LogP) is -0.0262. The molecule has 2 N–H and O–H groups in total. The highest BCUT2D eigenvalue weighted by atomic mass is 79.9. The highest BCUT2D eigenvalue weighted by molar-refractivity contribution is 8.93. The molecule has 0 aromatic heterocycles. The van der Waals surface area contributed by atoms with Gasteiger partial charge in [0, 0.05) is 13.7 Å². The fourth-order valence-corrected chi connectivity index (χ4v) is 1.19. The van der Waals surface area contributed by atoms with Gasteiger partial charge in [-0.25, -0.2) is 4.39 Å². The Balaban J connectivity index is 0.00000121. The number of methoxy groups -OCH3 is 1. The molecule has 0 aliphatic carbocycles. The van der Waals surface area contributed by atoms with E-state index in [1.807, 2.05) is 0 Å². The zero-order chi connectivity index (χ0) is 8.43. The summed E-state index contributed by atoms with van der Waals surface area (Å²) >= 11 is 0. The van der Waals surface area contributed by atoms with Gasteiger partial charge in [-0.1, -0.05) is 0 Å². The molecule has 1 fully saturated rings. The number of hydrogen-bond acceptors (Lipinski definition) is 3.